The van der Waals surface area contributed by atoms with E-state index in [-0.39, 0.29) is 10.8 Å². The van der Waals surface area contributed by atoms with Crippen molar-refractivity contribution < 1.29 is 0 Å². The number of fused-ring (bicyclic) bond motifs is 14. The molecule has 558 valence electrons. The normalized spacial score (nSPS) is 13.1. The maximum absolute atomic E-state index is 4.56. The van der Waals surface area contributed by atoms with E-state index in [0.717, 1.165) is 56.1 Å². The summed E-state index contributed by atoms with van der Waals surface area (Å²) in [5.41, 5.74) is 33.9. The summed E-state index contributed by atoms with van der Waals surface area (Å²) >= 11 is 0. The minimum Gasteiger partial charge on any atom is -0.309 e. The van der Waals surface area contributed by atoms with Crippen LogP contribution in [0.3, 0.4) is 0 Å². The van der Waals surface area contributed by atoms with E-state index in [9.17, 15) is 0 Å². The van der Waals surface area contributed by atoms with Gasteiger partial charge in [0, 0.05) is 55.1 Å². The van der Waals surface area contributed by atoms with Crippen molar-refractivity contribution in [2.75, 3.05) is 0 Å². The van der Waals surface area contributed by atoms with Crippen LogP contribution in [0.25, 0.3) is 193 Å². The average molecular weight is 1510 g/mol. The fraction of sp³-hybridized carbons (Fsp3) is 0.0526. The van der Waals surface area contributed by atoms with Gasteiger partial charge in [-0.25, -0.2) is 0 Å². The monoisotopic (exact) mass is 1510 g/mol. The van der Waals surface area contributed by atoms with Crippen LogP contribution < -0.4 is 0 Å². The molecule has 0 atom stereocenters. The molecular weight excluding hydrogens is 1430 g/mol. The molecule has 21 aromatic rings. The highest BCUT2D eigenvalue weighted by molar-refractivity contribution is 6.07. The van der Waals surface area contributed by atoms with Crippen molar-refractivity contribution in [2.24, 2.45) is 0 Å². The first kappa shape index (κ1) is 69.8. The Bertz CT molecular complexity index is 7510. The van der Waals surface area contributed by atoms with E-state index in [4.69, 9.17) is 0 Å². The van der Waals surface area contributed by atoms with Gasteiger partial charge in [-0.05, 0) is 266 Å². The first-order chi connectivity index (χ1) is 57.8. The largest absolute Gasteiger partial charge is 0.309 e. The van der Waals surface area contributed by atoms with Crippen LogP contribution in [-0.4, -0.2) is 18.3 Å². The van der Waals surface area contributed by atoms with Crippen LogP contribution in [0.5, 0.6) is 0 Å². The van der Waals surface area contributed by atoms with E-state index < -0.39 is 0 Å². The summed E-state index contributed by atoms with van der Waals surface area (Å²) in [5, 5.41) is 14.7. The second-order valence-electron chi connectivity index (χ2n) is 33.0. The van der Waals surface area contributed by atoms with E-state index >= 15 is 0 Å². The molecule has 4 aromatic heterocycles. The summed E-state index contributed by atoms with van der Waals surface area (Å²) in [5.74, 6) is 0. The first-order valence-corrected chi connectivity index (χ1v) is 41.0. The van der Waals surface area contributed by atoms with Gasteiger partial charge < -0.3 is 18.3 Å². The lowest BCUT2D eigenvalue weighted by molar-refractivity contribution is 0.660. The highest BCUT2D eigenvalue weighted by Crippen LogP contribution is 2.52. The summed E-state index contributed by atoms with van der Waals surface area (Å²) in [6.45, 7) is 17.9. The van der Waals surface area contributed by atoms with Gasteiger partial charge in [-0.1, -0.05) is 308 Å². The van der Waals surface area contributed by atoms with Crippen molar-refractivity contribution >= 4 is 92.3 Å². The molecule has 23 rings (SSSR count). The molecule has 0 fully saturated rings. The van der Waals surface area contributed by atoms with Crippen molar-refractivity contribution in [3.63, 3.8) is 0 Å². The summed E-state index contributed by atoms with van der Waals surface area (Å²) in [7, 11) is 0. The highest BCUT2D eigenvalue weighted by Gasteiger charge is 2.37. The number of aromatic nitrogens is 4. The zero-order chi connectivity index (χ0) is 79.1. The van der Waals surface area contributed by atoms with Gasteiger partial charge in [0.1, 0.15) is 0 Å². The van der Waals surface area contributed by atoms with Crippen LogP contribution in [0.2, 0.25) is 0 Å². The molecular formula is C114H82N4. The van der Waals surface area contributed by atoms with E-state index in [1.165, 1.54) is 165 Å². The zero-order valence-corrected chi connectivity index (χ0v) is 66.3. The third-order valence-electron chi connectivity index (χ3n) is 25.4. The molecule has 0 saturated heterocycles. The molecule has 0 spiro atoms. The number of benzene rings is 17. The zero-order valence-electron chi connectivity index (χ0n) is 66.3. The van der Waals surface area contributed by atoms with Gasteiger partial charge in [0.15, 0.2) is 0 Å². The van der Waals surface area contributed by atoms with Gasteiger partial charge in [-0.2, -0.15) is 0 Å². The Labute approximate surface area is 687 Å². The smallest absolute Gasteiger partial charge is 0.0542 e. The topological polar surface area (TPSA) is 19.7 Å². The van der Waals surface area contributed by atoms with Crippen LogP contribution in [0.1, 0.15) is 55.6 Å². The van der Waals surface area contributed by atoms with E-state index in [0.29, 0.717) is 0 Å². The minimum absolute atomic E-state index is 0.0491. The van der Waals surface area contributed by atoms with Crippen LogP contribution in [-0.2, 0) is 10.8 Å². The molecule has 0 radical (unpaired) electrons. The number of rotatable bonds is 12. The molecule has 4 heterocycles. The van der Waals surface area contributed by atoms with Crippen LogP contribution in [0, 0.1) is 0 Å². The standard InChI is InChI=1S/C64H50N2.C50H32N2/c1-7-8-16-41(2)59-37-47-39-62-48(40-61(47)65(59)49-29-23-42(24-30-49)45-27-33-53-51-19-12-14-21-55(51)63(3,4)57(53)35-45)38-60(44-17-10-9-11-18-44)66(62)50-31-25-43(26-32-50)46-28-34-54-52-20-13-15-22-56(52)64(5,6)58(54)36-46;1-3-11-33(12-4-1)47-29-43-31-50-44(32-49(43)51(47)45-21-19-39-23-35-15-7-9-17-37(35)25-41(39)27-45)30-48(34-13-5-2-6-14-34)52(50)46-22-20-40-24-36-16-8-10-18-38(36)26-42(40)28-46/h7-40H,1-2H2,3-6H3;1-32H/b16-8-;. The van der Waals surface area contributed by atoms with Crippen LogP contribution in [0.15, 0.2) is 414 Å². The second kappa shape index (κ2) is 27.4. The molecule has 0 unspecified atom stereocenters. The number of hydrogen-bond acceptors (Lipinski definition) is 0. The maximum Gasteiger partial charge on any atom is 0.0542 e. The van der Waals surface area contributed by atoms with E-state index in [2.05, 4.69) is 441 Å². The number of hydrogen-bond donors (Lipinski definition) is 0. The van der Waals surface area contributed by atoms with Gasteiger partial charge in [-0.3, -0.25) is 0 Å². The molecule has 0 bridgehead atoms. The molecule has 2 aliphatic rings. The molecule has 0 aliphatic heterocycles. The molecule has 0 amide bonds. The van der Waals surface area contributed by atoms with Crippen LogP contribution >= 0.6 is 0 Å². The molecule has 0 saturated carbocycles. The Kier molecular flexibility index (Phi) is 16.2. The summed E-state index contributed by atoms with van der Waals surface area (Å²) in [4.78, 5) is 0. The lowest BCUT2D eigenvalue weighted by Gasteiger charge is -2.22. The predicted octanol–water partition coefficient (Wildman–Crippen LogP) is 30.5. The number of nitrogens with zero attached hydrogens (tertiary/aromatic N) is 4. The fourth-order valence-electron chi connectivity index (χ4n) is 19.4. The van der Waals surface area contributed by atoms with E-state index in [1.54, 1.807) is 6.08 Å². The SMILES string of the molecule is C=C/C=C\C(=C)c1cc2cc3c(cc(-c4ccccc4)n3-c3ccc(-c4ccc5c(c4)C(C)(C)c4ccccc4-5)cc3)cc2n1-c1ccc(-c2ccc3c(c2)C(C)(C)c2ccccc2-3)cc1.c1ccc(-c2cc3cc4c(cc(-c5ccccc5)n4-c4ccc5cc6ccccc6cc5c4)cc3n2-c2ccc3cc4ccccc4cc3c2)cc1. The fourth-order valence-corrected chi connectivity index (χ4v) is 19.4. The third-order valence-corrected chi connectivity index (χ3v) is 25.4. The molecule has 118 heavy (non-hydrogen) atoms. The summed E-state index contributed by atoms with van der Waals surface area (Å²) < 4.78 is 9.67. The molecule has 4 nitrogen and oxygen atoms in total. The Balaban J connectivity index is 0.000000146. The highest BCUT2D eigenvalue weighted by atomic mass is 15.0. The van der Waals surface area contributed by atoms with Crippen molar-refractivity contribution in [2.45, 2.75) is 38.5 Å². The van der Waals surface area contributed by atoms with Crippen molar-refractivity contribution in [3.05, 3.63) is 442 Å². The number of allylic oxidation sites excluding steroid dienone is 4. The van der Waals surface area contributed by atoms with Crippen molar-refractivity contribution in [3.8, 4) is 101 Å². The third kappa shape index (κ3) is 11.5. The lowest BCUT2D eigenvalue weighted by atomic mass is 9.81. The molecule has 4 heteroatoms. The van der Waals surface area contributed by atoms with Gasteiger partial charge >= 0.3 is 0 Å². The van der Waals surface area contributed by atoms with Crippen molar-refractivity contribution in [1.29, 1.82) is 0 Å². The Morgan fingerprint density at radius 2 is 0.551 bits per heavy atom. The van der Waals surface area contributed by atoms with Gasteiger partial charge in [0.05, 0.1) is 44.8 Å². The second-order valence-corrected chi connectivity index (χ2v) is 33.0. The summed E-state index contributed by atoms with van der Waals surface area (Å²) in [6.07, 6.45) is 5.82. The molecule has 0 N–H and O–H groups in total. The van der Waals surface area contributed by atoms with Gasteiger partial charge in [0.25, 0.3) is 0 Å². The molecule has 17 aromatic carbocycles. The first-order valence-electron chi connectivity index (χ1n) is 41.0. The van der Waals surface area contributed by atoms with E-state index in [1.807, 2.05) is 12.2 Å². The minimum atomic E-state index is -0.0532. The average Bonchev–Trinajstić information content (AvgIpc) is 1.59. The Morgan fingerprint density at radius 3 is 0.958 bits per heavy atom. The summed E-state index contributed by atoms with van der Waals surface area (Å²) in [6, 6.07) is 141. The van der Waals surface area contributed by atoms with Gasteiger partial charge in [0.2, 0.25) is 0 Å². The quantitative estimate of drug-likeness (QED) is 0.0858. The predicted molar refractivity (Wildman–Crippen MR) is 501 cm³/mol. The lowest BCUT2D eigenvalue weighted by Crippen LogP contribution is -2.14. The van der Waals surface area contributed by atoms with Crippen LogP contribution in [0.4, 0.5) is 0 Å². The maximum atomic E-state index is 4.56. The Morgan fingerprint density at radius 1 is 0.237 bits per heavy atom. The van der Waals surface area contributed by atoms with Gasteiger partial charge in [-0.15, -0.1) is 0 Å². The van der Waals surface area contributed by atoms with Crippen molar-refractivity contribution in [1.82, 2.24) is 18.3 Å². The Hall–Kier alpha value is -14.8. The molecule has 2 aliphatic carbocycles.